The average molecular weight is 218 g/mol. The summed E-state index contributed by atoms with van der Waals surface area (Å²) in [6, 6.07) is 0. The summed E-state index contributed by atoms with van der Waals surface area (Å²) < 4.78 is 8.78. The first-order chi connectivity index (χ1) is 4.79. The van der Waals surface area contributed by atoms with E-state index in [-0.39, 0.29) is 33.9 Å². The second-order valence-electron chi connectivity index (χ2n) is 1.83. The van der Waals surface area contributed by atoms with Crippen LogP contribution in [-0.2, 0) is 18.0 Å². The average Bonchev–Trinajstić information content (AvgIpc) is 1.84. The number of hydrogen-bond donors (Lipinski definition) is 0. The highest BCUT2D eigenvalue weighted by Crippen LogP contribution is 2.14. The Morgan fingerprint density at radius 3 is 1.83 bits per heavy atom. The zero-order valence-corrected chi connectivity index (χ0v) is 8.98. The molecular weight excluding hydrogens is 212 g/mol. The van der Waals surface area contributed by atoms with Gasteiger partial charge in [0.15, 0.2) is 0 Å². The first-order valence-corrected chi connectivity index (χ1v) is 3.52. The lowest BCUT2D eigenvalue weighted by Gasteiger charge is -2.05. The zero-order valence-electron chi connectivity index (χ0n) is 6.16. The molecule has 1 fully saturated rings. The smallest absolute Gasteiger partial charge is 0.320 e. The number of carbonyl (C=O) groups is 2. The van der Waals surface area contributed by atoms with Crippen LogP contribution in [0.4, 0.5) is 0 Å². The van der Waals surface area contributed by atoms with Gasteiger partial charge in [-0.05, 0) is 6.42 Å². The van der Waals surface area contributed by atoms with Crippen LogP contribution in [0.2, 0.25) is 0 Å². The van der Waals surface area contributed by atoms with E-state index in [1.54, 1.807) is 0 Å². The van der Waals surface area contributed by atoms with Crippen molar-refractivity contribution in [3.63, 3.8) is 0 Å². The maximum atomic E-state index is 10.5. The first kappa shape index (κ1) is 14.3. The van der Waals surface area contributed by atoms with Gasteiger partial charge in [-0.1, -0.05) is 0 Å². The van der Waals surface area contributed by atoms with Crippen molar-refractivity contribution < 1.29 is 18.0 Å². The summed E-state index contributed by atoms with van der Waals surface area (Å²) in [4.78, 5) is 21.0. The Balaban J connectivity index is 0. The van der Waals surface area contributed by atoms with E-state index in [9.17, 15) is 9.59 Å². The van der Waals surface area contributed by atoms with E-state index < -0.39 is 0 Å². The van der Waals surface area contributed by atoms with Gasteiger partial charge in [-0.2, -0.15) is 0 Å². The van der Waals surface area contributed by atoms with Crippen LogP contribution in [-0.4, -0.2) is 33.9 Å². The number of hydrogen-bond acceptors (Lipinski definition) is 5. The molecule has 0 bridgehead atoms. The summed E-state index contributed by atoms with van der Waals surface area (Å²) in [5.74, 6) is -0.671. The Labute approximate surface area is 83.8 Å². The molecule has 1 aliphatic rings. The van der Waals surface area contributed by atoms with Gasteiger partial charge in [0, 0.05) is 34.8 Å². The van der Waals surface area contributed by atoms with Gasteiger partial charge in [0.1, 0.15) is 0 Å². The van der Waals surface area contributed by atoms with E-state index in [2.05, 4.69) is 8.37 Å². The van der Waals surface area contributed by atoms with Crippen molar-refractivity contribution in [1.29, 1.82) is 0 Å². The Morgan fingerprint density at radius 1 is 1.00 bits per heavy atom. The molecule has 0 aromatic rings. The molecule has 0 aromatic carbocycles. The first-order valence-electron chi connectivity index (χ1n) is 2.86. The Kier molecular flexibility index (Phi) is 8.77. The van der Waals surface area contributed by atoms with E-state index in [4.69, 9.17) is 0 Å². The van der Waals surface area contributed by atoms with E-state index in [1.165, 1.54) is 0 Å². The molecule has 12 heavy (non-hydrogen) atoms. The standard InChI is InChI=1S/C5H6O4S.2Si/c6-4-2-1-3-5(7)9-10-8-4;;/h1-3H2;;. The molecule has 0 aliphatic carbocycles. The monoisotopic (exact) mass is 218 g/mol. The highest BCUT2D eigenvalue weighted by atomic mass is 32.2. The largest absolute Gasteiger partial charge is 0.355 e. The van der Waals surface area contributed by atoms with E-state index in [1.807, 2.05) is 0 Å². The lowest BCUT2D eigenvalue weighted by atomic mass is 10.2. The molecule has 0 unspecified atom stereocenters. The van der Waals surface area contributed by atoms with Crippen LogP contribution in [0, 0.1) is 0 Å². The highest BCUT2D eigenvalue weighted by Gasteiger charge is 2.13. The summed E-state index contributed by atoms with van der Waals surface area (Å²) in [5.41, 5.74) is 0. The second kappa shape index (κ2) is 7.38. The minimum atomic E-state index is -0.336. The summed E-state index contributed by atoms with van der Waals surface area (Å²) in [7, 11) is 0. The van der Waals surface area contributed by atoms with Crippen LogP contribution in [0.5, 0.6) is 0 Å². The Hall–Kier alpha value is -0.276. The third-order valence-electron chi connectivity index (χ3n) is 1.02. The molecule has 0 amide bonds. The van der Waals surface area contributed by atoms with Crippen LogP contribution in [0.15, 0.2) is 0 Å². The van der Waals surface area contributed by atoms with Gasteiger partial charge in [0.25, 0.3) is 12.3 Å². The third kappa shape index (κ3) is 5.38. The fraction of sp³-hybridized carbons (Fsp3) is 0.600. The second-order valence-corrected chi connectivity index (χ2v) is 2.30. The maximum absolute atomic E-state index is 10.5. The SMILES string of the molecule is O=C1CCCC(=O)OSO1.[Si].[Si]. The maximum Gasteiger partial charge on any atom is 0.320 e. The molecule has 1 heterocycles. The van der Waals surface area contributed by atoms with Gasteiger partial charge in [-0.15, -0.1) is 0 Å². The molecule has 1 saturated heterocycles. The van der Waals surface area contributed by atoms with E-state index >= 15 is 0 Å². The summed E-state index contributed by atoms with van der Waals surface area (Å²) in [5, 5.41) is 0. The predicted octanol–water partition coefficient (Wildman–Crippen LogP) is 0.0583. The zero-order chi connectivity index (χ0) is 7.40. The molecule has 0 N–H and O–H groups in total. The lowest BCUT2D eigenvalue weighted by Crippen LogP contribution is -2.08. The quantitative estimate of drug-likeness (QED) is 0.425. The van der Waals surface area contributed by atoms with E-state index in [0.717, 1.165) is 0 Å². The van der Waals surface area contributed by atoms with Crippen LogP contribution in [0.3, 0.4) is 0 Å². The van der Waals surface area contributed by atoms with Crippen molar-refractivity contribution in [2.45, 2.75) is 19.3 Å². The fourth-order valence-electron chi connectivity index (χ4n) is 0.553. The number of carbonyl (C=O) groups excluding carboxylic acids is 2. The van der Waals surface area contributed by atoms with Crippen molar-refractivity contribution in [3.05, 3.63) is 0 Å². The third-order valence-corrected chi connectivity index (χ3v) is 1.52. The molecule has 0 atom stereocenters. The molecular formula is C5H6O4SSi2. The summed E-state index contributed by atoms with van der Waals surface area (Å²) in [6.45, 7) is 0. The van der Waals surface area contributed by atoms with Crippen molar-refractivity contribution in [3.8, 4) is 0 Å². The Bertz CT molecular complexity index is 134. The lowest BCUT2D eigenvalue weighted by molar-refractivity contribution is -0.138. The van der Waals surface area contributed by atoms with E-state index in [0.29, 0.717) is 31.6 Å². The topological polar surface area (TPSA) is 52.6 Å². The van der Waals surface area contributed by atoms with Gasteiger partial charge < -0.3 is 8.37 Å². The van der Waals surface area contributed by atoms with Crippen LogP contribution in [0.1, 0.15) is 19.3 Å². The molecule has 1 aliphatic heterocycles. The van der Waals surface area contributed by atoms with Crippen LogP contribution >= 0.6 is 12.3 Å². The van der Waals surface area contributed by atoms with Gasteiger partial charge in [0.05, 0.1) is 0 Å². The molecule has 64 valence electrons. The van der Waals surface area contributed by atoms with Crippen molar-refractivity contribution in [2.75, 3.05) is 0 Å². The van der Waals surface area contributed by atoms with Crippen LogP contribution in [0.25, 0.3) is 0 Å². The molecule has 4 nitrogen and oxygen atoms in total. The van der Waals surface area contributed by atoms with Crippen molar-refractivity contribution >= 4 is 46.2 Å². The summed E-state index contributed by atoms with van der Waals surface area (Å²) in [6.07, 6.45) is 1.10. The van der Waals surface area contributed by atoms with Gasteiger partial charge in [-0.25, -0.2) is 0 Å². The van der Waals surface area contributed by atoms with Crippen molar-refractivity contribution in [1.82, 2.24) is 0 Å². The molecule has 7 heteroatoms. The molecule has 8 radical (unpaired) electrons. The molecule has 0 spiro atoms. The molecule has 0 saturated carbocycles. The van der Waals surface area contributed by atoms with Crippen molar-refractivity contribution in [2.24, 2.45) is 0 Å². The highest BCUT2D eigenvalue weighted by molar-refractivity contribution is 7.90. The van der Waals surface area contributed by atoms with Crippen LogP contribution < -0.4 is 0 Å². The minimum Gasteiger partial charge on any atom is -0.355 e. The minimum absolute atomic E-state index is 0. The number of rotatable bonds is 0. The van der Waals surface area contributed by atoms with Gasteiger partial charge in [-0.3, -0.25) is 9.59 Å². The Morgan fingerprint density at radius 2 is 1.42 bits per heavy atom. The molecule has 1 rings (SSSR count). The van der Waals surface area contributed by atoms with Gasteiger partial charge >= 0.3 is 11.9 Å². The molecule has 0 aromatic heterocycles. The predicted molar refractivity (Wildman–Crippen MR) is 45.1 cm³/mol. The van der Waals surface area contributed by atoms with Gasteiger partial charge in [0.2, 0.25) is 0 Å². The normalized spacial score (nSPS) is 17.0. The summed E-state index contributed by atoms with van der Waals surface area (Å²) >= 11 is 0.446. The fourth-order valence-corrected chi connectivity index (χ4v) is 0.906.